The van der Waals surface area contributed by atoms with Crippen molar-refractivity contribution in [1.29, 1.82) is 0 Å². The van der Waals surface area contributed by atoms with Crippen LogP contribution in [0.4, 0.5) is 0 Å². The quantitative estimate of drug-likeness (QED) is 0.921. The summed E-state index contributed by atoms with van der Waals surface area (Å²) >= 11 is 1.66. The number of hydrogen-bond acceptors (Lipinski definition) is 5. The number of fused-ring (bicyclic) bond motifs is 1. The molecule has 0 saturated carbocycles. The van der Waals surface area contributed by atoms with E-state index in [2.05, 4.69) is 10.3 Å². The van der Waals surface area contributed by atoms with Crippen molar-refractivity contribution < 1.29 is 9.15 Å². The van der Waals surface area contributed by atoms with Gasteiger partial charge in [0.2, 0.25) is 0 Å². The number of thioether (sulfide) groups is 1. The van der Waals surface area contributed by atoms with Crippen molar-refractivity contribution in [1.82, 2.24) is 10.3 Å². The monoisotopic (exact) mass is 264 g/mol. The predicted molar refractivity (Wildman–Crippen MR) is 71.9 cm³/mol. The third-order valence-corrected chi connectivity index (χ3v) is 4.34. The molecule has 5 heteroatoms. The first-order valence-corrected chi connectivity index (χ1v) is 7.02. The van der Waals surface area contributed by atoms with Crippen molar-refractivity contribution >= 4 is 22.9 Å². The summed E-state index contributed by atoms with van der Waals surface area (Å²) in [4.78, 5) is 4.49. The lowest BCUT2D eigenvalue weighted by atomic mass is 10.1. The van der Waals surface area contributed by atoms with E-state index in [0.717, 1.165) is 36.0 Å². The fraction of sp³-hybridized carbons (Fsp3) is 0.462. The third-order valence-electron chi connectivity index (χ3n) is 3.20. The summed E-state index contributed by atoms with van der Waals surface area (Å²) in [6, 6.07) is 8.30. The van der Waals surface area contributed by atoms with Gasteiger partial charge < -0.3 is 14.5 Å². The average Bonchev–Trinajstić information content (AvgIpc) is 2.81. The lowest BCUT2D eigenvalue weighted by Gasteiger charge is -2.29. The van der Waals surface area contributed by atoms with Crippen LogP contribution in [0.1, 0.15) is 6.42 Å². The number of aromatic nitrogens is 1. The maximum Gasteiger partial charge on any atom is 0.257 e. The van der Waals surface area contributed by atoms with E-state index >= 15 is 0 Å². The van der Waals surface area contributed by atoms with Crippen LogP contribution >= 0.6 is 11.8 Å². The van der Waals surface area contributed by atoms with Crippen LogP contribution in [0.15, 0.2) is 33.9 Å². The van der Waals surface area contributed by atoms with Crippen LogP contribution in [0, 0.1) is 0 Å². The van der Waals surface area contributed by atoms with Crippen LogP contribution < -0.4 is 5.32 Å². The number of para-hydroxylation sites is 2. The molecule has 1 aromatic carbocycles. The van der Waals surface area contributed by atoms with Crippen molar-refractivity contribution in [2.45, 2.75) is 22.9 Å². The van der Waals surface area contributed by atoms with Crippen molar-refractivity contribution in [3.63, 3.8) is 0 Å². The number of nitrogens with zero attached hydrogens (tertiary/aromatic N) is 1. The smallest absolute Gasteiger partial charge is 0.257 e. The highest BCUT2D eigenvalue weighted by Gasteiger charge is 2.27. The van der Waals surface area contributed by atoms with E-state index in [0.29, 0.717) is 11.3 Å². The molecule has 0 amide bonds. The first-order valence-electron chi connectivity index (χ1n) is 6.14. The maximum atomic E-state index is 5.73. The molecule has 0 bridgehead atoms. The minimum absolute atomic E-state index is 0.358. The molecule has 2 aromatic rings. The van der Waals surface area contributed by atoms with Gasteiger partial charge in [-0.1, -0.05) is 23.9 Å². The molecule has 96 valence electrons. The summed E-state index contributed by atoms with van der Waals surface area (Å²) in [7, 11) is 2.00. The van der Waals surface area contributed by atoms with E-state index < -0.39 is 0 Å². The maximum absolute atomic E-state index is 5.73. The zero-order valence-corrected chi connectivity index (χ0v) is 11.1. The van der Waals surface area contributed by atoms with Crippen LogP contribution in [0.2, 0.25) is 0 Å². The second kappa shape index (κ2) is 5.30. The molecule has 1 aliphatic rings. The van der Waals surface area contributed by atoms with Crippen molar-refractivity contribution in [2.24, 2.45) is 0 Å². The van der Waals surface area contributed by atoms with Gasteiger partial charge in [-0.05, 0) is 25.6 Å². The Hall–Kier alpha value is -1.04. The molecule has 1 N–H and O–H groups in total. The third kappa shape index (κ3) is 2.39. The second-order valence-corrected chi connectivity index (χ2v) is 5.55. The standard InChI is InChI=1S/C13H16N2O2S/c1-14-10-6-7-16-8-12(10)18-13-15-9-4-2-3-5-11(9)17-13/h2-5,10,12,14H,6-8H2,1H3. The summed E-state index contributed by atoms with van der Waals surface area (Å²) < 4.78 is 11.3. The van der Waals surface area contributed by atoms with E-state index in [1.807, 2.05) is 31.3 Å². The largest absolute Gasteiger partial charge is 0.431 e. The van der Waals surface area contributed by atoms with E-state index in [9.17, 15) is 0 Å². The summed E-state index contributed by atoms with van der Waals surface area (Å²) in [5.41, 5.74) is 1.76. The van der Waals surface area contributed by atoms with Gasteiger partial charge in [-0.2, -0.15) is 0 Å². The predicted octanol–water partition coefficient (Wildman–Crippen LogP) is 2.30. The molecule has 2 atom stereocenters. The molecule has 1 aromatic heterocycles. The van der Waals surface area contributed by atoms with E-state index in [1.54, 1.807) is 11.8 Å². The normalized spacial score (nSPS) is 24.5. The molecule has 2 heterocycles. The van der Waals surface area contributed by atoms with E-state index in [1.165, 1.54) is 0 Å². The molecule has 1 aliphatic heterocycles. The molecule has 2 unspecified atom stereocenters. The van der Waals surface area contributed by atoms with E-state index in [4.69, 9.17) is 9.15 Å². The zero-order chi connectivity index (χ0) is 12.4. The minimum atomic E-state index is 0.358. The number of ether oxygens (including phenoxy) is 1. The second-order valence-electron chi connectivity index (χ2n) is 4.36. The molecule has 18 heavy (non-hydrogen) atoms. The van der Waals surface area contributed by atoms with Gasteiger partial charge in [0.15, 0.2) is 5.58 Å². The fourth-order valence-electron chi connectivity index (χ4n) is 2.19. The molecule has 1 fully saturated rings. The fourth-order valence-corrected chi connectivity index (χ4v) is 3.34. The molecule has 1 saturated heterocycles. The highest BCUT2D eigenvalue weighted by atomic mass is 32.2. The number of hydrogen-bond donors (Lipinski definition) is 1. The molecule has 0 spiro atoms. The molecular formula is C13H16N2O2S. The molecule has 0 radical (unpaired) electrons. The summed E-state index contributed by atoms with van der Waals surface area (Å²) in [6.07, 6.45) is 1.04. The Labute approximate surface area is 110 Å². The topological polar surface area (TPSA) is 47.3 Å². The van der Waals surface area contributed by atoms with Crippen molar-refractivity contribution in [3.8, 4) is 0 Å². The molecule has 3 rings (SSSR count). The van der Waals surface area contributed by atoms with Crippen LogP contribution in [0.25, 0.3) is 11.1 Å². The summed E-state index contributed by atoms with van der Waals surface area (Å²) in [5.74, 6) is 0. The highest BCUT2D eigenvalue weighted by Crippen LogP contribution is 2.30. The van der Waals surface area contributed by atoms with Gasteiger partial charge in [0.05, 0.1) is 11.9 Å². The number of nitrogens with one attached hydrogen (secondary N) is 1. The van der Waals surface area contributed by atoms with Crippen LogP contribution in [0.5, 0.6) is 0 Å². The van der Waals surface area contributed by atoms with Crippen molar-refractivity contribution in [3.05, 3.63) is 24.3 Å². The Kier molecular flexibility index (Phi) is 3.54. The van der Waals surface area contributed by atoms with Gasteiger partial charge >= 0.3 is 0 Å². The Morgan fingerprint density at radius 1 is 1.39 bits per heavy atom. The van der Waals surface area contributed by atoms with Gasteiger partial charge in [0.1, 0.15) is 5.52 Å². The highest BCUT2D eigenvalue weighted by molar-refractivity contribution is 7.99. The summed E-state index contributed by atoms with van der Waals surface area (Å²) in [5, 5.41) is 4.42. The van der Waals surface area contributed by atoms with Crippen LogP contribution in [-0.4, -0.2) is 36.5 Å². The van der Waals surface area contributed by atoms with E-state index in [-0.39, 0.29) is 0 Å². The number of oxazole rings is 1. The molecule has 0 aliphatic carbocycles. The summed E-state index contributed by atoms with van der Waals surface area (Å²) in [6.45, 7) is 1.57. The van der Waals surface area contributed by atoms with Gasteiger partial charge in [-0.15, -0.1) is 0 Å². The van der Waals surface area contributed by atoms with Gasteiger partial charge in [-0.3, -0.25) is 0 Å². The Balaban J connectivity index is 1.78. The molecular weight excluding hydrogens is 248 g/mol. The minimum Gasteiger partial charge on any atom is -0.431 e. The van der Waals surface area contributed by atoms with Crippen LogP contribution in [0.3, 0.4) is 0 Å². The molecule has 4 nitrogen and oxygen atoms in total. The Morgan fingerprint density at radius 3 is 3.11 bits per heavy atom. The Morgan fingerprint density at radius 2 is 2.28 bits per heavy atom. The number of rotatable bonds is 3. The first-order chi connectivity index (χ1) is 8.86. The lowest BCUT2D eigenvalue weighted by Crippen LogP contribution is -2.43. The first kappa shape index (κ1) is 12.0. The number of benzene rings is 1. The SMILES string of the molecule is CNC1CCOCC1Sc1nc2ccccc2o1. The lowest BCUT2D eigenvalue weighted by molar-refractivity contribution is 0.0848. The Bertz CT molecular complexity index is 495. The van der Waals surface area contributed by atoms with Crippen molar-refractivity contribution in [2.75, 3.05) is 20.3 Å². The van der Waals surface area contributed by atoms with Crippen LogP contribution in [-0.2, 0) is 4.74 Å². The van der Waals surface area contributed by atoms with Gasteiger partial charge in [-0.25, -0.2) is 4.98 Å². The van der Waals surface area contributed by atoms with Gasteiger partial charge in [0, 0.05) is 12.6 Å². The van der Waals surface area contributed by atoms with Gasteiger partial charge in [0.25, 0.3) is 5.22 Å². The zero-order valence-electron chi connectivity index (χ0n) is 10.3. The average molecular weight is 264 g/mol.